The van der Waals surface area contributed by atoms with Crippen LogP contribution in [-0.4, -0.2) is 52.5 Å². The molecule has 0 saturated carbocycles. The molecule has 27 heavy (non-hydrogen) atoms. The van der Waals surface area contributed by atoms with E-state index in [2.05, 4.69) is 16.5 Å². The lowest BCUT2D eigenvalue weighted by atomic mass is 10.0. The highest BCUT2D eigenvalue weighted by Gasteiger charge is 2.19. The summed E-state index contributed by atoms with van der Waals surface area (Å²) in [6.07, 6.45) is 6.15. The van der Waals surface area contributed by atoms with E-state index in [1.807, 2.05) is 6.92 Å². The number of allylic oxidation sites excluding steroid dienone is 2. The highest BCUT2D eigenvalue weighted by Crippen LogP contribution is 2.21. The lowest BCUT2D eigenvalue weighted by Crippen LogP contribution is -2.34. The van der Waals surface area contributed by atoms with E-state index in [0.717, 1.165) is 43.1 Å². The van der Waals surface area contributed by atoms with Crippen LogP contribution in [0.25, 0.3) is 0 Å². The van der Waals surface area contributed by atoms with Gasteiger partial charge < -0.3 is 19.5 Å². The van der Waals surface area contributed by atoms with E-state index in [-0.39, 0.29) is 29.9 Å². The van der Waals surface area contributed by atoms with Crippen molar-refractivity contribution in [3.05, 3.63) is 23.6 Å². The van der Waals surface area contributed by atoms with Crippen LogP contribution >= 0.6 is 11.8 Å². The molecule has 0 radical (unpaired) electrons. The minimum absolute atomic E-state index is 0.00658. The molecule has 0 atom stereocenters. The average molecular weight is 395 g/mol. The third kappa shape index (κ3) is 7.09. The lowest BCUT2D eigenvalue weighted by Gasteiger charge is -2.26. The van der Waals surface area contributed by atoms with Crippen LogP contribution < -0.4 is 5.32 Å². The van der Waals surface area contributed by atoms with E-state index >= 15 is 0 Å². The summed E-state index contributed by atoms with van der Waals surface area (Å²) in [5.74, 6) is -0.0379. The van der Waals surface area contributed by atoms with Gasteiger partial charge in [-0.25, -0.2) is 0 Å². The maximum Gasteiger partial charge on any atom is 0.316 e. The molecule has 1 aromatic rings. The zero-order valence-electron chi connectivity index (χ0n) is 15.7. The monoisotopic (exact) mass is 395 g/mol. The first-order chi connectivity index (χ1) is 13.0. The van der Waals surface area contributed by atoms with Crippen molar-refractivity contribution in [1.82, 2.24) is 10.1 Å². The maximum atomic E-state index is 12.3. The molecule has 8 nitrogen and oxygen atoms in total. The van der Waals surface area contributed by atoms with Crippen LogP contribution in [-0.2, 0) is 19.1 Å². The zero-order valence-corrected chi connectivity index (χ0v) is 16.5. The second-order valence-electron chi connectivity index (χ2n) is 6.10. The van der Waals surface area contributed by atoms with Crippen LogP contribution in [0, 0.1) is 6.92 Å². The molecule has 1 aliphatic rings. The molecule has 1 N–H and O–H groups in total. The molecule has 148 valence electrons. The number of hydrogen-bond acceptors (Lipinski definition) is 7. The molecule has 0 fully saturated rings. The van der Waals surface area contributed by atoms with Crippen LogP contribution in [0.3, 0.4) is 0 Å². The Hall–Kier alpha value is -2.29. The number of nitrogens with zero attached hydrogens (tertiary/aromatic N) is 2. The van der Waals surface area contributed by atoms with Crippen molar-refractivity contribution in [1.29, 1.82) is 0 Å². The van der Waals surface area contributed by atoms with Gasteiger partial charge in [-0.15, -0.1) is 11.8 Å². The number of hydrogen-bond donors (Lipinski definition) is 1. The molecule has 0 saturated heterocycles. The quantitative estimate of drug-likeness (QED) is 0.641. The highest BCUT2D eigenvalue weighted by atomic mass is 32.2. The highest BCUT2D eigenvalue weighted by molar-refractivity contribution is 8.00. The number of carbonyl (C=O) groups excluding carboxylic acids is 3. The first-order valence-electron chi connectivity index (χ1n) is 8.95. The van der Waals surface area contributed by atoms with Crippen LogP contribution in [0.5, 0.6) is 0 Å². The first kappa shape index (κ1) is 21.0. The predicted octanol–water partition coefficient (Wildman–Crippen LogP) is 2.50. The standard InChI is InChI=1S/C18H25N3O5S/c1-3-21(14-7-5-4-6-8-14)17(23)10-25-18(24)12-27-11-16(22)19-15-9-13(2)26-20-15/h7,9H,3-6,8,10-12H2,1-2H3,(H,19,20,22). The largest absolute Gasteiger partial charge is 0.455 e. The van der Waals surface area contributed by atoms with Crippen molar-refractivity contribution >= 4 is 35.4 Å². The summed E-state index contributed by atoms with van der Waals surface area (Å²) in [5, 5.41) is 6.22. The molecular formula is C18H25N3O5S. The first-order valence-corrected chi connectivity index (χ1v) is 10.1. The molecule has 9 heteroatoms. The van der Waals surface area contributed by atoms with Crippen molar-refractivity contribution < 1.29 is 23.6 Å². The summed E-state index contributed by atoms with van der Waals surface area (Å²) in [7, 11) is 0. The van der Waals surface area contributed by atoms with E-state index < -0.39 is 5.97 Å². The van der Waals surface area contributed by atoms with Crippen molar-refractivity contribution in [3.8, 4) is 0 Å². The summed E-state index contributed by atoms with van der Waals surface area (Å²) in [4.78, 5) is 37.5. The smallest absolute Gasteiger partial charge is 0.316 e. The number of anilines is 1. The van der Waals surface area contributed by atoms with Crippen LogP contribution in [0.1, 0.15) is 38.4 Å². The zero-order chi connectivity index (χ0) is 19.6. The van der Waals surface area contributed by atoms with E-state index in [0.29, 0.717) is 18.1 Å². The van der Waals surface area contributed by atoms with Gasteiger partial charge in [0.05, 0.1) is 11.5 Å². The Balaban J connectivity index is 1.65. The van der Waals surface area contributed by atoms with Crippen molar-refractivity contribution in [2.24, 2.45) is 0 Å². The summed E-state index contributed by atoms with van der Waals surface area (Å²) in [6.45, 7) is 3.90. The number of likely N-dealkylation sites (N-methyl/N-ethyl adjacent to an activating group) is 1. The molecule has 2 amide bonds. The van der Waals surface area contributed by atoms with Gasteiger partial charge in [-0.05, 0) is 39.5 Å². The Bertz CT molecular complexity index is 701. The third-order valence-electron chi connectivity index (χ3n) is 3.94. The molecule has 0 spiro atoms. The predicted molar refractivity (Wildman–Crippen MR) is 102 cm³/mol. The number of carbonyl (C=O) groups is 3. The van der Waals surface area contributed by atoms with E-state index in [1.165, 1.54) is 0 Å². The summed E-state index contributed by atoms with van der Waals surface area (Å²) < 4.78 is 9.89. The minimum Gasteiger partial charge on any atom is -0.455 e. The Morgan fingerprint density at radius 3 is 2.78 bits per heavy atom. The number of aryl methyl sites for hydroxylation is 1. The van der Waals surface area contributed by atoms with Crippen LogP contribution in [0.4, 0.5) is 5.82 Å². The lowest BCUT2D eigenvalue weighted by molar-refractivity contribution is -0.149. The van der Waals surface area contributed by atoms with Crippen LogP contribution in [0.2, 0.25) is 0 Å². The third-order valence-corrected chi connectivity index (χ3v) is 4.84. The second kappa shape index (κ2) is 10.8. The van der Waals surface area contributed by atoms with Crippen LogP contribution in [0.15, 0.2) is 22.4 Å². The SMILES string of the molecule is CCN(C(=O)COC(=O)CSCC(=O)Nc1cc(C)on1)C1=CCCCC1. The van der Waals surface area contributed by atoms with Gasteiger partial charge in [0.25, 0.3) is 5.91 Å². The number of aromatic nitrogens is 1. The van der Waals surface area contributed by atoms with Gasteiger partial charge >= 0.3 is 5.97 Å². The summed E-state index contributed by atoms with van der Waals surface area (Å²) in [6, 6.07) is 1.60. The molecular weight excluding hydrogens is 370 g/mol. The van der Waals surface area contributed by atoms with Gasteiger partial charge in [0.15, 0.2) is 12.4 Å². The van der Waals surface area contributed by atoms with Crippen molar-refractivity contribution in [2.45, 2.75) is 39.5 Å². The average Bonchev–Trinajstić information content (AvgIpc) is 3.06. The van der Waals surface area contributed by atoms with Gasteiger partial charge in [-0.1, -0.05) is 11.2 Å². The second-order valence-corrected chi connectivity index (χ2v) is 7.09. The number of amides is 2. The number of nitrogens with one attached hydrogen (secondary N) is 1. The van der Waals surface area contributed by atoms with E-state index in [4.69, 9.17) is 9.26 Å². The number of rotatable bonds is 9. The maximum absolute atomic E-state index is 12.3. The Kier molecular flexibility index (Phi) is 8.38. The fourth-order valence-electron chi connectivity index (χ4n) is 2.70. The van der Waals surface area contributed by atoms with Crippen molar-refractivity contribution in [2.75, 3.05) is 30.0 Å². The number of thioether (sulfide) groups is 1. The molecule has 0 aliphatic heterocycles. The molecule has 0 bridgehead atoms. The van der Waals surface area contributed by atoms with Gasteiger partial charge in [-0.3, -0.25) is 14.4 Å². The Labute approximate surface area is 162 Å². The Morgan fingerprint density at radius 1 is 1.33 bits per heavy atom. The van der Waals surface area contributed by atoms with E-state index in [9.17, 15) is 14.4 Å². The van der Waals surface area contributed by atoms with E-state index in [1.54, 1.807) is 17.9 Å². The molecule has 0 aromatic carbocycles. The molecule has 2 rings (SSSR count). The molecule has 1 aliphatic carbocycles. The fraction of sp³-hybridized carbons (Fsp3) is 0.556. The molecule has 0 unspecified atom stereocenters. The Morgan fingerprint density at radius 2 is 2.15 bits per heavy atom. The van der Waals surface area contributed by atoms with Gasteiger partial charge in [-0.2, -0.15) is 0 Å². The normalized spacial score (nSPS) is 13.6. The van der Waals surface area contributed by atoms with Gasteiger partial charge in [0.2, 0.25) is 5.91 Å². The summed E-state index contributed by atoms with van der Waals surface area (Å²) >= 11 is 1.11. The number of ether oxygens (including phenoxy) is 1. The van der Waals surface area contributed by atoms with Gasteiger partial charge in [0.1, 0.15) is 5.76 Å². The topological polar surface area (TPSA) is 102 Å². The minimum atomic E-state index is -0.521. The fourth-order valence-corrected chi connectivity index (χ4v) is 3.31. The molecule has 1 heterocycles. The number of esters is 1. The van der Waals surface area contributed by atoms with Gasteiger partial charge in [0, 0.05) is 18.3 Å². The summed E-state index contributed by atoms with van der Waals surface area (Å²) in [5.41, 5.74) is 1.01. The molecule has 1 aromatic heterocycles. The van der Waals surface area contributed by atoms with Crippen molar-refractivity contribution in [3.63, 3.8) is 0 Å².